The Balaban J connectivity index is 2.02. The van der Waals surface area contributed by atoms with Gasteiger partial charge in [-0.25, -0.2) is 0 Å². The van der Waals surface area contributed by atoms with Crippen LogP contribution in [0.3, 0.4) is 0 Å². The molecule has 2 N–H and O–H groups in total. The molecule has 2 rings (SSSR count). The predicted octanol–water partition coefficient (Wildman–Crippen LogP) is 2.67. The molecule has 0 aliphatic carbocycles. The Morgan fingerprint density at radius 3 is 2.45 bits per heavy atom. The van der Waals surface area contributed by atoms with E-state index in [1.807, 2.05) is 48.5 Å². The summed E-state index contributed by atoms with van der Waals surface area (Å²) in [6.07, 6.45) is 0. The van der Waals surface area contributed by atoms with Crippen LogP contribution in [0.1, 0.15) is 15.9 Å². The molecule has 0 heterocycles. The minimum Gasteiger partial charge on any atom is -0.495 e. The van der Waals surface area contributed by atoms with Gasteiger partial charge in [0.05, 0.1) is 12.8 Å². The van der Waals surface area contributed by atoms with Crippen LogP contribution in [-0.2, 0) is 6.54 Å². The summed E-state index contributed by atoms with van der Waals surface area (Å²) < 4.78 is 5.28. The van der Waals surface area contributed by atoms with Crippen LogP contribution >= 0.6 is 0 Å². The van der Waals surface area contributed by atoms with E-state index < -0.39 is 0 Å². The summed E-state index contributed by atoms with van der Waals surface area (Å²) in [5, 5.41) is 5.92. The maximum atomic E-state index is 11.4. The van der Waals surface area contributed by atoms with Gasteiger partial charge in [-0.2, -0.15) is 0 Å². The number of carbonyl (C=O) groups excluding carboxylic acids is 1. The maximum Gasteiger partial charge on any atom is 0.251 e. The highest BCUT2D eigenvalue weighted by Gasteiger charge is 2.03. The van der Waals surface area contributed by atoms with E-state index in [-0.39, 0.29) is 5.91 Å². The lowest BCUT2D eigenvalue weighted by atomic mass is 10.1. The lowest BCUT2D eigenvalue weighted by molar-refractivity contribution is 0.0963. The van der Waals surface area contributed by atoms with Crippen LogP contribution in [0.2, 0.25) is 0 Å². The molecule has 104 valence electrons. The van der Waals surface area contributed by atoms with Gasteiger partial charge in [-0.3, -0.25) is 4.79 Å². The highest BCUT2D eigenvalue weighted by atomic mass is 16.5. The molecule has 2 aromatic rings. The van der Waals surface area contributed by atoms with Gasteiger partial charge in [0, 0.05) is 19.2 Å². The van der Waals surface area contributed by atoms with Gasteiger partial charge >= 0.3 is 0 Å². The lowest BCUT2D eigenvalue weighted by Gasteiger charge is -2.11. The van der Waals surface area contributed by atoms with E-state index in [0.29, 0.717) is 12.1 Å². The average Bonchev–Trinajstić information content (AvgIpc) is 2.53. The second-order valence-electron chi connectivity index (χ2n) is 4.33. The van der Waals surface area contributed by atoms with E-state index in [4.69, 9.17) is 4.74 Å². The Hall–Kier alpha value is -2.49. The quantitative estimate of drug-likeness (QED) is 0.878. The third-order valence-corrected chi connectivity index (χ3v) is 3.03. The molecule has 0 aliphatic rings. The van der Waals surface area contributed by atoms with Gasteiger partial charge in [-0.15, -0.1) is 0 Å². The summed E-state index contributed by atoms with van der Waals surface area (Å²) in [5.74, 6) is 0.740. The number of hydrogen-bond acceptors (Lipinski definition) is 3. The summed E-state index contributed by atoms with van der Waals surface area (Å²) in [5.41, 5.74) is 2.71. The highest BCUT2D eigenvalue weighted by molar-refractivity contribution is 5.93. The summed E-state index contributed by atoms with van der Waals surface area (Å²) in [4.78, 5) is 11.4. The number of benzene rings is 2. The fourth-order valence-electron chi connectivity index (χ4n) is 1.91. The molecule has 20 heavy (non-hydrogen) atoms. The molecule has 4 heteroatoms. The molecule has 0 saturated carbocycles. The Bertz CT molecular complexity index is 579. The molecule has 0 spiro atoms. The van der Waals surface area contributed by atoms with Crippen LogP contribution in [0.4, 0.5) is 5.69 Å². The normalized spacial score (nSPS) is 9.90. The second-order valence-corrected chi connectivity index (χ2v) is 4.33. The third kappa shape index (κ3) is 3.29. The monoisotopic (exact) mass is 270 g/mol. The van der Waals surface area contributed by atoms with Crippen LogP contribution in [0.15, 0.2) is 48.5 Å². The number of methoxy groups -OCH3 is 1. The van der Waals surface area contributed by atoms with Crippen molar-refractivity contribution in [3.05, 3.63) is 59.7 Å². The molecule has 0 saturated heterocycles. The maximum absolute atomic E-state index is 11.4. The first-order chi connectivity index (χ1) is 9.74. The zero-order valence-electron chi connectivity index (χ0n) is 11.6. The predicted molar refractivity (Wildman–Crippen MR) is 80.2 cm³/mol. The van der Waals surface area contributed by atoms with Crippen LogP contribution in [-0.4, -0.2) is 20.1 Å². The first-order valence-electron chi connectivity index (χ1n) is 6.42. The topological polar surface area (TPSA) is 50.4 Å². The SMILES string of the molecule is CNC(=O)c1ccc(CNc2ccccc2OC)cc1. The smallest absolute Gasteiger partial charge is 0.251 e. The Morgan fingerprint density at radius 2 is 1.80 bits per heavy atom. The summed E-state index contributed by atoms with van der Waals surface area (Å²) in [6.45, 7) is 0.675. The van der Waals surface area contributed by atoms with Crippen molar-refractivity contribution < 1.29 is 9.53 Å². The lowest BCUT2D eigenvalue weighted by Crippen LogP contribution is -2.17. The average molecular weight is 270 g/mol. The second kappa shape index (κ2) is 6.61. The molecule has 0 aliphatic heterocycles. The summed E-state index contributed by atoms with van der Waals surface area (Å²) in [7, 11) is 3.28. The van der Waals surface area contributed by atoms with E-state index in [0.717, 1.165) is 17.0 Å². The van der Waals surface area contributed by atoms with Crippen molar-refractivity contribution in [3.63, 3.8) is 0 Å². The van der Waals surface area contributed by atoms with Gasteiger partial charge in [-0.05, 0) is 29.8 Å². The van der Waals surface area contributed by atoms with Crippen LogP contribution in [0.5, 0.6) is 5.75 Å². The van der Waals surface area contributed by atoms with Crippen LogP contribution in [0, 0.1) is 0 Å². The van der Waals surface area contributed by atoms with Gasteiger partial charge in [-0.1, -0.05) is 24.3 Å². The van der Waals surface area contributed by atoms with Crippen LogP contribution < -0.4 is 15.4 Å². The van der Waals surface area contributed by atoms with Gasteiger partial charge in [0.2, 0.25) is 0 Å². The number of para-hydroxylation sites is 2. The number of ether oxygens (including phenoxy) is 1. The van der Waals surface area contributed by atoms with Crippen molar-refractivity contribution in [2.24, 2.45) is 0 Å². The molecule has 0 atom stereocenters. The fraction of sp³-hybridized carbons (Fsp3) is 0.188. The Morgan fingerprint density at radius 1 is 1.10 bits per heavy atom. The van der Waals surface area contributed by atoms with E-state index in [1.54, 1.807) is 14.2 Å². The number of rotatable bonds is 5. The van der Waals surface area contributed by atoms with Crippen molar-refractivity contribution in [2.45, 2.75) is 6.54 Å². The van der Waals surface area contributed by atoms with Gasteiger partial charge in [0.25, 0.3) is 5.91 Å². The Labute approximate surface area is 118 Å². The van der Waals surface area contributed by atoms with Crippen LogP contribution in [0.25, 0.3) is 0 Å². The highest BCUT2D eigenvalue weighted by Crippen LogP contribution is 2.23. The molecule has 0 fully saturated rings. The molecular weight excluding hydrogens is 252 g/mol. The number of nitrogens with one attached hydrogen (secondary N) is 2. The molecule has 1 amide bonds. The zero-order chi connectivity index (χ0) is 14.4. The van der Waals surface area contributed by atoms with Crippen molar-refractivity contribution in [3.8, 4) is 5.75 Å². The third-order valence-electron chi connectivity index (χ3n) is 3.03. The van der Waals surface area contributed by atoms with E-state index in [2.05, 4.69) is 10.6 Å². The molecule has 0 bridgehead atoms. The summed E-state index contributed by atoms with van der Waals surface area (Å²) >= 11 is 0. The number of amides is 1. The summed E-state index contributed by atoms with van der Waals surface area (Å²) in [6, 6.07) is 15.3. The molecular formula is C16H18N2O2. The van der Waals surface area contributed by atoms with E-state index >= 15 is 0 Å². The first-order valence-corrected chi connectivity index (χ1v) is 6.42. The fourth-order valence-corrected chi connectivity index (χ4v) is 1.91. The van der Waals surface area contributed by atoms with E-state index in [1.165, 1.54) is 0 Å². The van der Waals surface area contributed by atoms with Gasteiger partial charge < -0.3 is 15.4 Å². The van der Waals surface area contributed by atoms with Gasteiger partial charge in [0.1, 0.15) is 5.75 Å². The van der Waals surface area contributed by atoms with Crippen molar-refractivity contribution in [1.29, 1.82) is 0 Å². The number of hydrogen-bond donors (Lipinski definition) is 2. The largest absolute Gasteiger partial charge is 0.495 e. The van der Waals surface area contributed by atoms with Crippen molar-refractivity contribution in [1.82, 2.24) is 5.32 Å². The standard InChI is InChI=1S/C16H18N2O2/c1-17-16(19)13-9-7-12(8-10-13)11-18-14-5-3-4-6-15(14)20-2/h3-10,18H,11H2,1-2H3,(H,17,19). The van der Waals surface area contributed by atoms with Crippen molar-refractivity contribution >= 4 is 11.6 Å². The Kier molecular flexibility index (Phi) is 4.60. The van der Waals surface area contributed by atoms with Gasteiger partial charge in [0.15, 0.2) is 0 Å². The molecule has 0 unspecified atom stereocenters. The zero-order valence-corrected chi connectivity index (χ0v) is 11.6. The minimum atomic E-state index is -0.0748. The molecule has 0 aromatic heterocycles. The molecule has 2 aromatic carbocycles. The number of carbonyl (C=O) groups is 1. The molecule has 4 nitrogen and oxygen atoms in total. The van der Waals surface area contributed by atoms with Crippen molar-refractivity contribution in [2.75, 3.05) is 19.5 Å². The first kappa shape index (κ1) is 13.9. The number of anilines is 1. The minimum absolute atomic E-state index is 0.0748. The molecule has 0 radical (unpaired) electrons. The van der Waals surface area contributed by atoms with E-state index in [9.17, 15) is 4.79 Å².